The second-order valence-corrected chi connectivity index (χ2v) is 10.6. The van der Waals surface area contributed by atoms with Crippen LogP contribution in [0, 0.1) is 0 Å². The van der Waals surface area contributed by atoms with Crippen LogP contribution in [0.2, 0.25) is 0 Å². The van der Waals surface area contributed by atoms with Gasteiger partial charge in [-0.1, -0.05) is 18.7 Å². The van der Waals surface area contributed by atoms with Crippen molar-refractivity contribution in [1.82, 2.24) is 25.2 Å². The van der Waals surface area contributed by atoms with Crippen LogP contribution in [0.4, 0.5) is 11.6 Å². The molecule has 9 nitrogen and oxygen atoms in total. The molecule has 1 fully saturated rings. The number of thiazole rings is 1. The van der Waals surface area contributed by atoms with Crippen molar-refractivity contribution < 1.29 is 9.47 Å². The van der Waals surface area contributed by atoms with Gasteiger partial charge in [0.25, 0.3) is 0 Å². The van der Waals surface area contributed by atoms with Crippen LogP contribution >= 0.6 is 23.1 Å². The topological polar surface area (TPSA) is 124 Å². The maximum atomic E-state index is 6.15. The Hall–Kier alpha value is -2.60. The molecule has 0 spiro atoms. The van der Waals surface area contributed by atoms with Crippen molar-refractivity contribution in [2.75, 3.05) is 57.9 Å². The van der Waals surface area contributed by atoms with E-state index in [9.17, 15) is 0 Å². The maximum absolute atomic E-state index is 6.15. The predicted molar refractivity (Wildman–Crippen MR) is 143 cm³/mol. The van der Waals surface area contributed by atoms with Gasteiger partial charge < -0.3 is 26.3 Å². The Bertz CT molecular complexity index is 1110. The molecular weight excluding hydrogens is 482 g/mol. The molecule has 1 aliphatic heterocycles. The summed E-state index contributed by atoms with van der Waals surface area (Å²) in [5, 5.41) is 4.92. The van der Waals surface area contributed by atoms with E-state index < -0.39 is 0 Å². The quantitative estimate of drug-likeness (QED) is 0.273. The lowest BCUT2D eigenvalue weighted by molar-refractivity contribution is 0.188. The van der Waals surface area contributed by atoms with E-state index in [-0.39, 0.29) is 5.25 Å². The minimum absolute atomic E-state index is 0.0455. The predicted octanol–water partition coefficient (Wildman–Crippen LogP) is 3.47. The summed E-state index contributed by atoms with van der Waals surface area (Å²) in [5.41, 5.74) is 13.7. The van der Waals surface area contributed by atoms with Gasteiger partial charge in [0, 0.05) is 49.2 Å². The summed E-state index contributed by atoms with van der Waals surface area (Å²) < 4.78 is 11.7. The Morgan fingerprint density at radius 1 is 1.11 bits per heavy atom. The van der Waals surface area contributed by atoms with E-state index in [1.807, 2.05) is 18.2 Å². The minimum Gasteiger partial charge on any atom is -0.493 e. The fourth-order valence-electron chi connectivity index (χ4n) is 3.93. The number of aromatic nitrogens is 3. The zero-order chi connectivity index (χ0) is 24.8. The molecule has 0 saturated carbocycles. The van der Waals surface area contributed by atoms with Gasteiger partial charge in [0.05, 0.1) is 18.1 Å². The molecule has 1 atom stereocenters. The molecular formula is C24H33N7O2S2. The number of aryl methyl sites for hydroxylation is 1. The largest absolute Gasteiger partial charge is 0.493 e. The van der Waals surface area contributed by atoms with Gasteiger partial charge in [-0.25, -0.2) is 15.0 Å². The Morgan fingerprint density at radius 2 is 1.86 bits per heavy atom. The summed E-state index contributed by atoms with van der Waals surface area (Å²) in [7, 11) is 1.67. The van der Waals surface area contributed by atoms with Gasteiger partial charge in [-0.15, -0.1) is 11.3 Å². The number of nitrogens with zero attached hydrogens (tertiary/aromatic N) is 4. The number of methoxy groups -OCH3 is 1. The third-order valence-electron chi connectivity index (χ3n) is 5.75. The lowest BCUT2D eigenvalue weighted by Crippen LogP contribution is -2.44. The first kappa shape index (κ1) is 25.5. The molecule has 1 aliphatic rings. The van der Waals surface area contributed by atoms with Crippen molar-refractivity contribution in [3.63, 3.8) is 0 Å². The number of hydrogen-bond acceptors (Lipinski definition) is 11. The number of piperazine rings is 1. The van der Waals surface area contributed by atoms with E-state index in [1.165, 1.54) is 16.6 Å². The number of nitrogens with one attached hydrogen (secondary N) is 1. The molecule has 0 bridgehead atoms. The fourth-order valence-corrected chi connectivity index (χ4v) is 6.04. The smallest absolute Gasteiger partial charge is 0.192 e. The Morgan fingerprint density at radius 3 is 2.54 bits per heavy atom. The molecule has 1 saturated heterocycles. The second kappa shape index (κ2) is 11.9. The minimum atomic E-state index is 0.0455. The van der Waals surface area contributed by atoms with Gasteiger partial charge in [-0.05, 0) is 31.5 Å². The molecule has 3 aromatic rings. The van der Waals surface area contributed by atoms with E-state index in [1.54, 1.807) is 24.5 Å². The normalized spacial score (nSPS) is 15.2. The number of anilines is 2. The molecule has 3 heterocycles. The van der Waals surface area contributed by atoms with Gasteiger partial charge in [-0.3, -0.25) is 4.90 Å². The molecule has 188 valence electrons. The number of rotatable bonds is 10. The van der Waals surface area contributed by atoms with Crippen LogP contribution in [0.25, 0.3) is 10.6 Å². The van der Waals surface area contributed by atoms with E-state index in [0.29, 0.717) is 23.4 Å². The first-order valence-electron chi connectivity index (χ1n) is 11.8. The van der Waals surface area contributed by atoms with Gasteiger partial charge in [0.2, 0.25) is 0 Å². The van der Waals surface area contributed by atoms with E-state index in [4.69, 9.17) is 25.9 Å². The van der Waals surface area contributed by atoms with Crippen molar-refractivity contribution in [2.24, 2.45) is 0 Å². The third kappa shape index (κ3) is 6.54. The zero-order valence-electron chi connectivity index (χ0n) is 20.4. The highest BCUT2D eigenvalue weighted by molar-refractivity contribution is 7.99. The summed E-state index contributed by atoms with van der Waals surface area (Å²) in [5.74, 6) is 2.19. The van der Waals surface area contributed by atoms with Crippen molar-refractivity contribution >= 4 is 34.7 Å². The van der Waals surface area contributed by atoms with Gasteiger partial charge in [0.1, 0.15) is 23.3 Å². The molecule has 0 unspecified atom stereocenters. The summed E-state index contributed by atoms with van der Waals surface area (Å²) in [6.45, 7) is 9.90. The van der Waals surface area contributed by atoms with E-state index in [0.717, 1.165) is 66.9 Å². The average Bonchev–Trinajstić information content (AvgIpc) is 3.29. The number of nitrogens with two attached hydrogens (primary N) is 2. The van der Waals surface area contributed by atoms with Crippen molar-refractivity contribution in [2.45, 2.75) is 30.7 Å². The maximum Gasteiger partial charge on any atom is 0.192 e. The van der Waals surface area contributed by atoms with Crippen LogP contribution in [-0.4, -0.2) is 66.3 Å². The highest BCUT2D eigenvalue weighted by Gasteiger charge is 2.20. The third-order valence-corrected chi connectivity index (χ3v) is 7.98. The monoisotopic (exact) mass is 515 g/mol. The molecule has 2 aromatic heterocycles. The van der Waals surface area contributed by atoms with Crippen LogP contribution in [0.1, 0.15) is 29.7 Å². The van der Waals surface area contributed by atoms with E-state index >= 15 is 0 Å². The van der Waals surface area contributed by atoms with Gasteiger partial charge in [0.15, 0.2) is 16.7 Å². The van der Waals surface area contributed by atoms with Crippen LogP contribution in [-0.2, 0) is 6.42 Å². The second-order valence-electron chi connectivity index (χ2n) is 8.25. The molecule has 0 radical (unpaired) electrons. The van der Waals surface area contributed by atoms with Crippen molar-refractivity contribution in [3.05, 3.63) is 34.8 Å². The summed E-state index contributed by atoms with van der Waals surface area (Å²) >= 11 is 3.21. The van der Waals surface area contributed by atoms with Crippen LogP contribution in [0.15, 0.2) is 29.4 Å². The summed E-state index contributed by atoms with van der Waals surface area (Å²) in [6.07, 6.45) is 0.891. The lowest BCUT2D eigenvalue weighted by atomic mass is 10.2. The number of hydrogen-bond donors (Lipinski definition) is 3. The van der Waals surface area contributed by atoms with Crippen LogP contribution < -0.4 is 26.3 Å². The molecule has 1 aromatic carbocycles. The van der Waals surface area contributed by atoms with Gasteiger partial charge in [-0.2, -0.15) is 0 Å². The Balaban J connectivity index is 1.51. The Labute approximate surface area is 214 Å². The fraction of sp³-hybridized carbons (Fsp3) is 0.458. The molecule has 0 amide bonds. The molecule has 0 aliphatic carbocycles. The van der Waals surface area contributed by atoms with Crippen LogP contribution in [0.5, 0.6) is 11.5 Å². The van der Waals surface area contributed by atoms with Crippen molar-refractivity contribution in [1.29, 1.82) is 0 Å². The first-order chi connectivity index (χ1) is 17.0. The zero-order valence-corrected chi connectivity index (χ0v) is 22.0. The first-order valence-corrected chi connectivity index (χ1v) is 13.5. The molecule has 11 heteroatoms. The number of nitrogen functional groups attached to an aromatic ring is 2. The molecule has 35 heavy (non-hydrogen) atoms. The number of ether oxygens (including phenoxy) is 2. The molecule has 5 N–H and O–H groups in total. The summed E-state index contributed by atoms with van der Waals surface area (Å²) in [4.78, 5) is 17.2. The average molecular weight is 516 g/mol. The highest BCUT2D eigenvalue weighted by Crippen LogP contribution is 2.41. The standard InChI is InChI=1S/C24H33N7O2S2/c1-4-19-22(15(2)34-24-28-20(25)14-21(26)29-24)30-23(35-19)16-5-6-17(32-3)18(13-16)33-12-11-31-9-7-27-8-10-31/h5-6,13-15,27H,4,7-12H2,1-3H3,(H4,25,26,28,29)/t15-/m0/s1. The number of thioether (sulfide) groups is 1. The van der Waals surface area contributed by atoms with Crippen molar-refractivity contribution in [3.8, 4) is 22.1 Å². The SMILES string of the molecule is CCc1sc(-c2ccc(OC)c(OCCN3CCNCC3)c2)nc1[C@H](C)Sc1nc(N)cc(N)n1. The molecule has 4 rings (SSSR count). The van der Waals surface area contributed by atoms with E-state index in [2.05, 4.69) is 34.0 Å². The van der Waals surface area contributed by atoms with Crippen LogP contribution in [0.3, 0.4) is 0 Å². The highest BCUT2D eigenvalue weighted by atomic mass is 32.2. The summed E-state index contributed by atoms with van der Waals surface area (Å²) in [6, 6.07) is 7.56. The Kier molecular flexibility index (Phi) is 8.66. The number of benzene rings is 1. The lowest BCUT2D eigenvalue weighted by Gasteiger charge is -2.27. The van der Waals surface area contributed by atoms with Gasteiger partial charge >= 0.3 is 0 Å².